The van der Waals surface area contributed by atoms with Gasteiger partial charge in [0.2, 0.25) is 0 Å². The van der Waals surface area contributed by atoms with Crippen LogP contribution in [0.15, 0.2) is 18.2 Å². The Kier molecular flexibility index (Phi) is 11.5. The van der Waals surface area contributed by atoms with Crippen LogP contribution in [0.2, 0.25) is 0 Å². The first kappa shape index (κ1) is 20.6. The van der Waals surface area contributed by atoms with E-state index in [1.807, 2.05) is 12.1 Å². The Labute approximate surface area is 137 Å². The maximum atomic E-state index is 12.0. The summed E-state index contributed by atoms with van der Waals surface area (Å²) >= 11 is 0. The zero-order valence-electron chi connectivity index (χ0n) is 15.3. The van der Waals surface area contributed by atoms with Gasteiger partial charge in [-0.1, -0.05) is 47.1 Å². The molecule has 0 aliphatic rings. The minimum Gasteiger partial charge on any atom is -0.351 e. The van der Waals surface area contributed by atoms with Gasteiger partial charge < -0.3 is 10.2 Å². The van der Waals surface area contributed by atoms with Crippen LogP contribution in [0.4, 0.5) is 0 Å². The maximum Gasteiger partial charge on any atom is 0.251 e. The molecule has 0 aromatic heterocycles. The average molecular weight is 306 g/mol. The van der Waals surface area contributed by atoms with E-state index in [0.717, 1.165) is 31.6 Å². The van der Waals surface area contributed by atoms with Crippen molar-refractivity contribution in [2.45, 2.75) is 54.4 Å². The Bertz CT molecular complexity index is 425. The van der Waals surface area contributed by atoms with Gasteiger partial charge in [-0.05, 0) is 49.7 Å². The summed E-state index contributed by atoms with van der Waals surface area (Å²) < 4.78 is 0. The van der Waals surface area contributed by atoms with E-state index in [0.29, 0.717) is 6.54 Å². The number of benzene rings is 1. The molecule has 0 aliphatic carbocycles. The first-order valence-corrected chi connectivity index (χ1v) is 8.63. The number of aryl methyl sites for hydroxylation is 2. The van der Waals surface area contributed by atoms with Crippen molar-refractivity contribution in [3.63, 3.8) is 0 Å². The number of hydrogen-bond donors (Lipinski definition) is 1. The second-order valence-corrected chi connectivity index (χ2v) is 5.48. The molecule has 22 heavy (non-hydrogen) atoms. The summed E-state index contributed by atoms with van der Waals surface area (Å²) in [5, 5.41) is 2.98. The van der Waals surface area contributed by atoms with Gasteiger partial charge in [0.15, 0.2) is 0 Å². The van der Waals surface area contributed by atoms with Crippen molar-refractivity contribution in [2.24, 2.45) is 0 Å². The van der Waals surface area contributed by atoms with E-state index < -0.39 is 0 Å². The van der Waals surface area contributed by atoms with Crippen molar-refractivity contribution in [2.75, 3.05) is 26.2 Å². The molecule has 0 fully saturated rings. The van der Waals surface area contributed by atoms with Crippen molar-refractivity contribution in [1.29, 1.82) is 0 Å². The first-order chi connectivity index (χ1) is 10.5. The Morgan fingerprint density at radius 2 is 1.68 bits per heavy atom. The SMILES string of the molecule is CCC.CCc1ccc(C(=O)NCCN(CC)CC)cc1C. The standard InChI is InChI=1S/C16H26N2O.C3H8/c1-5-14-8-9-15(12-13(14)4)16(19)17-10-11-18(6-2)7-3;1-3-2/h8-9,12H,5-7,10-11H2,1-4H3,(H,17,19);3H2,1-2H3. The number of carbonyl (C=O) groups is 1. The van der Waals surface area contributed by atoms with Crippen molar-refractivity contribution in [1.82, 2.24) is 10.2 Å². The number of carbonyl (C=O) groups excluding carboxylic acids is 1. The van der Waals surface area contributed by atoms with Crippen LogP contribution >= 0.6 is 0 Å². The lowest BCUT2D eigenvalue weighted by molar-refractivity contribution is 0.0949. The largest absolute Gasteiger partial charge is 0.351 e. The van der Waals surface area contributed by atoms with Crippen LogP contribution in [0, 0.1) is 6.92 Å². The van der Waals surface area contributed by atoms with E-state index in [4.69, 9.17) is 0 Å². The summed E-state index contributed by atoms with van der Waals surface area (Å²) in [5.41, 5.74) is 3.26. The Morgan fingerprint density at radius 1 is 1.09 bits per heavy atom. The van der Waals surface area contributed by atoms with Gasteiger partial charge in [-0.2, -0.15) is 0 Å². The highest BCUT2D eigenvalue weighted by Gasteiger charge is 2.07. The maximum absolute atomic E-state index is 12.0. The summed E-state index contributed by atoms with van der Waals surface area (Å²) in [6, 6.07) is 5.94. The molecule has 0 saturated carbocycles. The van der Waals surface area contributed by atoms with Crippen LogP contribution in [-0.4, -0.2) is 37.0 Å². The summed E-state index contributed by atoms with van der Waals surface area (Å²) in [6.07, 6.45) is 2.26. The fourth-order valence-corrected chi connectivity index (χ4v) is 2.20. The number of hydrogen-bond acceptors (Lipinski definition) is 2. The number of nitrogens with one attached hydrogen (secondary N) is 1. The molecular formula is C19H34N2O. The molecule has 0 heterocycles. The zero-order chi connectivity index (χ0) is 17.0. The minimum atomic E-state index is 0.0258. The van der Waals surface area contributed by atoms with Crippen LogP contribution < -0.4 is 5.32 Å². The minimum absolute atomic E-state index is 0.0258. The van der Waals surface area contributed by atoms with Gasteiger partial charge >= 0.3 is 0 Å². The highest BCUT2D eigenvalue weighted by Crippen LogP contribution is 2.11. The molecule has 0 spiro atoms. The van der Waals surface area contributed by atoms with Crippen molar-refractivity contribution >= 4 is 5.91 Å². The monoisotopic (exact) mass is 306 g/mol. The molecule has 1 amide bonds. The van der Waals surface area contributed by atoms with E-state index >= 15 is 0 Å². The van der Waals surface area contributed by atoms with Gasteiger partial charge in [0.05, 0.1) is 0 Å². The molecule has 0 radical (unpaired) electrons. The van der Waals surface area contributed by atoms with Gasteiger partial charge in [0.25, 0.3) is 5.91 Å². The predicted octanol–water partition coefficient (Wildman–Crippen LogP) is 4.05. The lowest BCUT2D eigenvalue weighted by Gasteiger charge is -2.18. The van der Waals surface area contributed by atoms with Gasteiger partial charge in [0.1, 0.15) is 0 Å². The van der Waals surface area contributed by atoms with E-state index in [2.05, 4.69) is 57.8 Å². The number of nitrogens with zero attached hydrogens (tertiary/aromatic N) is 1. The first-order valence-electron chi connectivity index (χ1n) is 8.63. The molecule has 3 heteroatoms. The molecular weight excluding hydrogens is 272 g/mol. The van der Waals surface area contributed by atoms with Gasteiger partial charge in [-0.25, -0.2) is 0 Å². The quantitative estimate of drug-likeness (QED) is 0.824. The molecule has 1 N–H and O–H groups in total. The van der Waals surface area contributed by atoms with Crippen LogP contribution in [-0.2, 0) is 6.42 Å². The van der Waals surface area contributed by atoms with E-state index in [1.54, 1.807) is 0 Å². The summed E-state index contributed by atoms with van der Waals surface area (Å²) in [7, 11) is 0. The fraction of sp³-hybridized carbons (Fsp3) is 0.632. The predicted molar refractivity (Wildman–Crippen MR) is 96.6 cm³/mol. The third-order valence-corrected chi connectivity index (χ3v) is 3.59. The Hall–Kier alpha value is -1.35. The van der Waals surface area contributed by atoms with Crippen molar-refractivity contribution < 1.29 is 4.79 Å². The molecule has 1 aromatic carbocycles. The third kappa shape index (κ3) is 7.60. The van der Waals surface area contributed by atoms with E-state index in [9.17, 15) is 4.79 Å². The Morgan fingerprint density at radius 3 is 2.14 bits per heavy atom. The number of amides is 1. The lowest BCUT2D eigenvalue weighted by Crippen LogP contribution is -2.34. The lowest BCUT2D eigenvalue weighted by atomic mass is 10.0. The molecule has 0 atom stereocenters. The zero-order valence-corrected chi connectivity index (χ0v) is 15.3. The highest BCUT2D eigenvalue weighted by molar-refractivity contribution is 5.94. The van der Waals surface area contributed by atoms with Crippen molar-refractivity contribution in [3.05, 3.63) is 34.9 Å². The Balaban J connectivity index is 0.00000135. The van der Waals surface area contributed by atoms with Gasteiger partial charge in [0, 0.05) is 18.7 Å². The summed E-state index contributed by atoms with van der Waals surface area (Å²) in [6.45, 7) is 16.4. The van der Waals surface area contributed by atoms with Crippen molar-refractivity contribution in [3.8, 4) is 0 Å². The molecule has 126 valence electrons. The summed E-state index contributed by atoms with van der Waals surface area (Å²) in [5.74, 6) is 0.0258. The van der Waals surface area contributed by atoms with E-state index in [-0.39, 0.29) is 5.91 Å². The molecule has 1 rings (SSSR count). The molecule has 0 aliphatic heterocycles. The highest BCUT2D eigenvalue weighted by atomic mass is 16.1. The normalized spacial score (nSPS) is 10.1. The third-order valence-electron chi connectivity index (χ3n) is 3.59. The number of rotatable bonds is 7. The van der Waals surface area contributed by atoms with Gasteiger partial charge in [-0.3, -0.25) is 4.79 Å². The van der Waals surface area contributed by atoms with Gasteiger partial charge in [-0.15, -0.1) is 0 Å². The summed E-state index contributed by atoms with van der Waals surface area (Å²) in [4.78, 5) is 14.3. The second-order valence-electron chi connectivity index (χ2n) is 5.48. The molecule has 0 bridgehead atoms. The topological polar surface area (TPSA) is 32.3 Å². The molecule has 1 aromatic rings. The van der Waals surface area contributed by atoms with Crippen LogP contribution in [0.3, 0.4) is 0 Å². The van der Waals surface area contributed by atoms with Crippen LogP contribution in [0.5, 0.6) is 0 Å². The van der Waals surface area contributed by atoms with Crippen LogP contribution in [0.1, 0.15) is 62.5 Å². The van der Waals surface area contributed by atoms with E-state index in [1.165, 1.54) is 17.5 Å². The molecule has 0 saturated heterocycles. The number of likely N-dealkylation sites (N-methyl/N-ethyl adjacent to an activating group) is 1. The molecule has 0 unspecified atom stereocenters. The smallest absolute Gasteiger partial charge is 0.251 e. The average Bonchev–Trinajstić information content (AvgIpc) is 2.52. The fourth-order valence-electron chi connectivity index (χ4n) is 2.20. The molecule has 3 nitrogen and oxygen atoms in total. The van der Waals surface area contributed by atoms with Crippen LogP contribution in [0.25, 0.3) is 0 Å². The second kappa shape index (κ2) is 12.2.